The van der Waals surface area contributed by atoms with Gasteiger partial charge in [0.25, 0.3) is 0 Å². The van der Waals surface area contributed by atoms with E-state index in [1.807, 2.05) is 7.05 Å². The van der Waals surface area contributed by atoms with E-state index < -0.39 is 0 Å². The van der Waals surface area contributed by atoms with Crippen molar-refractivity contribution in [3.05, 3.63) is 28.3 Å². The lowest BCUT2D eigenvalue weighted by molar-refractivity contribution is 0.871. The molecule has 0 unspecified atom stereocenters. The summed E-state index contributed by atoms with van der Waals surface area (Å²) in [6.07, 6.45) is 0. The Morgan fingerprint density at radius 2 is 1.50 bits per heavy atom. The van der Waals surface area contributed by atoms with E-state index >= 15 is 0 Å². The molecular weight excluding hydrogens is 172 g/mol. The molecule has 1 aromatic carbocycles. The van der Waals surface area contributed by atoms with Crippen LogP contribution in [0.5, 0.6) is 0 Å². The molecule has 0 saturated heterocycles. The van der Waals surface area contributed by atoms with Crippen LogP contribution in [0.3, 0.4) is 0 Å². The monoisotopic (exact) mass is 192 g/mol. The molecule has 0 aliphatic rings. The number of hydrogen-bond donors (Lipinski definition) is 2. The molecule has 0 bridgehead atoms. The predicted molar refractivity (Wildman–Crippen MR) is 62.9 cm³/mol. The van der Waals surface area contributed by atoms with Gasteiger partial charge >= 0.3 is 0 Å². The maximum Gasteiger partial charge on any atom is 0.0650 e. The lowest BCUT2D eigenvalue weighted by Crippen LogP contribution is -2.18. The van der Waals surface area contributed by atoms with Gasteiger partial charge in [-0.1, -0.05) is 6.07 Å². The summed E-state index contributed by atoms with van der Waals surface area (Å²) >= 11 is 0. The van der Waals surface area contributed by atoms with Crippen LogP contribution < -0.4 is 10.6 Å². The third-order valence-electron chi connectivity index (χ3n) is 2.81. The smallest absolute Gasteiger partial charge is 0.0650 e. The van der Waals surface area contributed by atoms with Crippen LogP contribution in [0.1, 0.15) is 22.3 Å². The molecule has 0 heterocycles. The quantitative estimate of drug-likeness (QED) is 0.719. The Hall–Kier alpha value is -1.02. The van der Waals surface area contributed by atoms with Gasteiger partial charge in [0.05, 0.1) is 6.67 Å². The summed E-state index contributed by atoms with van der Waals surface area (Å²) in [5.74, 6) is 0. The third kappa shape index (κ3) is 2.07. The molecule has 0 atom stereocenters. The van der Waals surface area contributed by atoms with E-state index in [0.29, 0.717) is 0 Å². The zero-order chi connectivity index (χ0) is 10.7. The highest BCUT2D eigenvalue weighted by atomic mass is 15.0. The fourth-order valence-electron chi connectivity index (χ4n) is 1.66. The van der Waals surface area contributed by atoms with E-state index in [1.165, 1.54) is 27.9 Å². The predicted octanol–water partition coefficient (Wildman–Crippen LogP) is 2.51. The van der Waals surface area contributed by atoms with Crippen molar-refractivity contribution in [2.24, 2.45) is 0 Å². The van der Waals surface area contributed by atoms with Gasteiger partial charge in [0.1, 0.15) is 0 Å². The van der Waals surface area contributed by atoms with Gasteiger partial charge < -0.3 is 10.6 Å². The van der Waals surface area contributed by atoms with Crippen molar-refractivity contribution < 1.29 is 0 Å². The number of nitrogens with one attached hydrogen (secondary N) is 2. The number of anilines is 1. The van der Waals surface area contributed by atoms with Crippen LogP contribution >= 0.6 is 0 Å². The molecule has 2 nitrogen and oxygen atoms in total. The van der Waals surface area contributed by atoms with E-state index in [-0.39, 0.29) is 0 Å². The summed E-state index contributed by atoms with van der Waals surface area (Å²) < 4.78 is 0. The molecule has 2 heteroatoms. The molecule has 0 fully saturated rings. The summed E-state index contributed by atoms with van der Waals surface area (Å²) in [6.45, 7) is 9.46. The number of hydrogen-bond acceptors (Lipinski definition) is 2. The fourth-order valence-corrected chi connectivity index (χ4v) is 1.66. The number of benzene rings is 1. The lowest BCUT2D eigenvalue weighted by Gasteiger charge is -2.16. The van der Waals surface area contributed by atoms with Gasteiger partial charge in [0.2, 0.25) is 0 Å². The maximum atomic E-state index is 3.40. The fraction of sp³-hybridized carbons (Fsp3) is 0.500. The SMILES string of the molecule is CNCNc1c(C)c(C)cc(C)c1C. The van der Waals surface area contributed by atoms with Crippen LogP contribution in [0.15, 0.2) is 6.07 Å². The highest BCUT2D eigenvalue weighted by Crippen LogP contribution is 2.25. The Labute approximate surface area is 86.7 Å². The molecule has 0 radical (unpaired) electrons. The Kier molecular flexibility index (Phi) is 3.53. The second-order valence-corrected chi connectivity index (χ2v) is 3.84. The molecule has 0 aliphatic heterocycles. The normalized spacial score (nSPS) is 10.4. The van der Waals surface area contributed by atoms with E-state index in [2.05, 4.69) is 44.4 Å². The van der Waals surface area contributed by atoms with Crippen molar-refractivity contribution in [3.63, 3.8) is 0 Å². The summed E-state index contributed by atoms with van der Waals surface area (Å²) in [5, 5.41) is 6.50. The van der Waals surface area contributed by atoms with Crippen LogP contribution in [0.2, 0.25) is 0 Å². The van der Waals surface area contributed by atoms with Gasteiger partial charge in [0.15, 0.2) is 0 Å². The minimum atomic E-state index is 0.810. The summed E-state index contributed by atoms with van der Waals surface area (Å²) in [5.41, 5.74) is 6.68. The van der Waals surface area contributed by atoms with Crippen molar-refractivity contribution in [2.45, 2.75) is 27.7 Å². The average Bonchev–Trinajstić information content (AvgIpc) is 2.15. The largest absolute Gasteiger partial charge is 0.372 e. The molecule has 0 saturated carbocycles. The minimum absolute atomic E-state index is 0.810. The maximum absolute atomic E-state index is 3.40. The second kappa shape index (κ2) is 4.47. The van der Waals surface area contributed by atoms with Crippen LogP contribution in [-0.4, -0.2) is 13.7 Å². The van der Waals surface area contributed by atoms with Gasteiger partial charge in [-0.3, -0.25) is 0 Å². The first-order chi connectivity index (χ1) is 6.57. The van der Waals surface area contributed by atoms with Crippen molar-refractivity contribution in [3.8, 4) is 0 Å². The van der Waals surface area contributed by atoms with Crippen LogP contribution in [0.4, 0.5) is 5.69 Å². The topological polar surface area (TPSA) is 24.1 Å². The summed E-state index contributed by atoms with van der Waals surface area (Å²) in [6, 6.07) is 2.25. The Balaban J connectivity index is 3.11. The van der Waals surface area contributed by atoms with E-state index in [4.69, 9.17) is 0 Å². The second-order valence-electron chi connectivity index (χ2n) is 3.84. The first kappa shape index (κ1) is 11.1. The Morgan fingerprint density at radius 3 is 1.93 bits per heavy atom. The van der Waals surface area contributed by atoms with Crippen molar-refractivity contribution in [1.82, 2.24) is 5.32 Å². The van der Waals surface area contributed by atoms with Crippen LogP contribution in [0.25, 0.3) is 0 Å². The zero-order valence-corrected chi connectivity index (χ0v) is 9.78. The highest BCUT2D eigenvalue weighted by molar-refractivity contribution is 5.61. The molecular formula is C12H20N2. The third-order valence-corrected chi connectivity index (χ3v) is 2.81. The first-order valence-corrected chi connectivity index (χ1v) is 5.03. The number of rotatable bonds is 3. The van der Waals surface area contributed by atoms with Gasteiger partial charge in [-0.15, -0.1) is 0 Å². The molecule has 0 aliphatic carbocycles. The van der Waals surface area contributed by atoms with Crippen LogP contribution in [-0.2, 0) is 0 Å². The van der Waals surface area contributed by atoms with E-state index in [9.17, 15) is 0 Å². The molecule has 0 amide bonds. The van der Waals surface area contributed by atoms with Gasteiger partial charge in [-0.25, -0.2) is 0 Å². The summed E-state index contributed by atoms with van der Waals surface area (Å²) in [4.78, 5) is 0. The zero-order valence-electron chi connectivity index (χ0n) is 9.78. The number of aryl methyl sites for hydroxylation is 2. The summed E-state index contributed by atoms with van der Waals surface area (Å²) in [7, 11) is 1.94. The van der Waals surface area contributed by atoms with E-state index in [1.54, 1.807) is 0 Å². The standard InChI is InChI=1S/C12H20N2/c1-8-6-9(2)11(4)12(10(8)3)14-7-13-5/h6,13-14H,7H2,1-5H3. The van der Waals surface area contributed by atoms with Crippen molar-refractivity contribution in [1.29, 1.82) is 0 Å². The molecule has 78 valence electrons. The van der Waals surface area contributed by atoms with Gasteiger partial charge in [-0.2, -0.15) is 0 Å². The Morgan fingerprint density at radius 1 is 1.00 bits per heavy atom. The lowest BCUT2D eigenvalue weighted by atomic mass is 9.99. The van der Waals surface area contributed by atoms with Gasteiger partial charge in [0, 0.05) is 5.69 Å². The van der Waals surface area contributed by atoms with Crippen LogP contribution in [0, 0.1) is 27.7 Å². The van der Waals surface area contributed by atoms with Crippen molar-refractivity contribution >= 4 is 5.69 Å². The molecule has 1 aromatic rings. The highest BCUT2D eigenvalue weighted by Gasteiger charge is 2.06. The first-order valence-electron chi connectivity index (χ1n) is 5.03. The van der Waals surface area contributed by atoms with Crippen molar-refractivity contribution in [2.75, 3.05) is 19.0 Å². The Bertz CT molecular complexity index is 303. The van der Waals surface area contributed by atoms with E-state index in [0.717, 1.165) is 6.67 Å². The van der Waals surface area contributed by atoms with Gasteiger partial charge in [-0.05, 0) is 57.0 Å². The average molecular weight is 192 g/mol. The molecule has 2 N–H and O–H groups in total. The minimum Gasteiger partial charge on any atom is -0.372 e. The molecule has 0 spiro atoms. The molecule has 0 aromatic heterocycles. The molecule has 14 heavy (non-hydrogen) atoms. The molecule has 1 rings (SSSR count).